The smallest absolute Gasteiger partial charge is 0.193 e. The quantitative estimate of drug-likeness (QED) is 0.505. The lowest BCUT2D eigenvalue weighted by Crippen LogP contribution is -2.41. The minimum atomic E-state index is 0.755. The van der Waals surface area contributed by atoms with Gasteiger partial charge in [0.1, 0.15) is 0 Å². The Kier molecular flexibility index (Phi) is 8.40. The van der Waals surface area contributed by atoms with Crippen molar-refractivity contribution in [2.75, 3.05) is 63.8 Å². The fraction of sp³-hybridized carbons (Fsp3) is 0.810. The van der Waals surface area contributed by atoms with Crippen molar-refractivity contribution < 1.29 is 0 Å². The van der Waals surface area contributed by atoms with Crippen LogP contribution in [-0.2, 0) is 6.42 Å². The van der Waals surface area contributed by atoms with Crippen LogP contribution in [0.15, 0.2) is 10.4 Å². The van der Waals surface area contributed by atoms with Crippen LogP contribution in [0, 0.1) is 5.92 Å². The number of aromatic nitrogens is 1. The van der Waals surface area contributed by atoms with Crippen molar-refractivity contribution in [2.45, 2.75) is 46.5 Å². The van der Waals surface area contributed by atoms with Gasteiger partial charge in [-0.05, 0) is 45.2 Å². The molecule has 1 aromatic heterocycles. The molecule has 6 nitrogen and oxygen atoms in total. The molecule has 0 bridgehead atoms. The van der Waals surface area contributed by atoms with Crippen molar-refractivity contribution in [3.8, 4) is 0 Å². The van der Waals surface area contributed by atoms with Gasteiger partial charge in [-0.3, -0.25) is 4.99 Å². The highest BCUT2D eigenvalue weighted by molar-refractivity contribution is 7.13. The maximum atomic E-state index is 4.92. The minimum absolute atomic E-state index is 0.755. The van der Waals surface area contributed by atoms with Crippen molar-refractivity contribution in [3.63, 3.8) is 0 Å². The second-order valence-electron chi connectivity index (χ2n) is 7.89. The Bertz CT molecular complexity index is 606. The normalized spacial score (nSPS) is 20.6. The lowest BCUT2D eigenvalue weighted by atomic mass is 10.1. The van der Waals surface area contributed by atoms with E-state index in [1.807, 2.05) is 0 Å². The summed E-state index contributed by atoms with van der Waals surface area (Å²) in [4.78, 5) is 17.2. The molecular weight excluding hydrogens is 368 g/mol. The first kappa shape index (κ1) is 21.4. The molecular formula is C21H38N6S. The molecule has 2 aliphatic rings. The molecule has 2 aliphatic heterocycles. The average molecular weight is 407 g/mol. The van der Waals surface area contributed by atoms with Gasteiger partial charge in [0.05, 0.1) is 5.69 Å². The summed E-state index contributed by atoms with van der Waals surface area (Å²) in [7, 11) is 0. The monoisotopic (exact) mass is 406 g/mol. The van der Waals surface area contributed by atoms with Gasteiger partial charge in [0, 0.05) is 57.6 Å². The number of hydrogen-bond acceptors (Lipinski definition) is 5. The molecule has 3 heterocycles. The summed E-state index contributed by atoms with van der Waals surface area (Å²) in [5.41, 5.74) is 1.19. The third-order valence-corrected chi connectivity index (χ3v) is 6.83. The lowest BCUT2D eigenvalue weighted by molar-refractivity contribution is 0.255. The van der Waals surface area contributed by atoms with Crippen molar-refractivity contribution in [1.82, 2.24) is 20.1 Å². The Hall–Kier alpha value is -1.34. The van der Waals surface area contributed by atoms with E-state index in [2.05, 4.69) is 46.2 Å². The highest BCUT2D eigenvalue weighted by Gasteiger charge is 2.26. The first-order valence-electron chi connectivity index (χ1n) is 11.2. The van der Waals surface area contributed by atoms with Gasteiger partial charge in [-0.15, -0.1) is 11.3 Å². The molecule has 0 amide bonds. The molecule has 3 rings (SSSR count). The predicted molar refractivity (Wildman–Crippen MR) is 121 cm³/mol. The summed E-state index contributed by atoms with van der Waals surface area (Å²) in [5.74, 6) is 1.84. The summed E-state index contributed by atoms with van der Waals surface area (Å²) in [5, 5.41) is 6.91. The maximum absolute atomic E-state index is 4.92. The maximum Gasteiger partial charge on any atom is 0.193 e. The molecule has 0 aromatic carbocycles. The number of likely N-dealkylation sites (tertiary alicyclic amines) is 1. The van der Waals surface area contributed by atoms with Gasteiger partial charge in [-0.2, -0.15) is 0 Å². The molecule has 2 fully saturated rings. The Morgan fingerprint density at radius 3 is 2.75 bits per heavy atom. The number of rotatable bonds is 9. The van der Waals surface area contributed by atoms with E-state index < -0.39 is 0 Å². The Morgan fingerprint density at radius 1 is 1.25 bits per heavy atom. The lowest BCUT2D eigenvalue weighted by Gasteiger charge is -2.24. The van der Waals surface area contributed by atoms with Crippen LogP contribution in [-0.4, -0.2) is 79.6 Å². The molecule has 0 saturated carbocycles. The second kappa shape index (κ2) is 11.0. The van der Waals surface area contributed by atoms with E-state index in [0.29, 0.717) is 0 Å². The van der Waals surface area contributed by atoms with Crippen molar-refractivity contribution >= 4 is 22.4 Å². The van der Waals surface area contributed by atoms with Crippen molar-refractivity contribution in [1.29, 1.82) is 0 Å². The Balaban J connectivity index is 1.50. The van der Waals surface area contributed by atoms with Crippen molar-refractivity contribution in [2.24, 2.45) is 10.9 Å². The molecule has 1 aromatic rings. The van der Waals surface area contributed by atoms with E-state index in [9.17, 15) is 0 Å². The minimum Gasteiger partial charge on any atom is -0.357 e. The highest BCUT2D eigenvalue weighted by Crippen LogP contribution is 2.24. The molecule has 0 aliphatic carbocycles. The van der Waals surface area contributed by atoms with Gasteiger partial charge in [-0.25, -0.2) is 4.98 Å². The standard InChI is InChI=1S/C21H38N6S/c1-4-22-20(27-14-10-18(16-27)15-25(5-2)6-3)23-11-9-19-17-28-21(24-19)26-12-7-8-13-26/h17-18H,4-16H2,1-3H3,(H,22,23). The largest absolute Gasteiger partial charge is 0.357 e. The van der Waals surface area contributed by atoms with Crippen LogP contribution in [0.5, 0.6) is 0 Å². The van der Waals surface area contributed by atoms with E-state index in [4.69, 9.17) is 9.98 Å². The molecule has 1 atom stereocenters. The molecule has 0 radical (unpaired) electrons. The fourth-order valence-corrected chi connectivity index (χ4v) is 5.10. The second-order valence-corrected chi connectivity index (χ2v) is 8.72. The summed E-state index contributed by atoms with van der Waals surface area (Å²) in [6.45, 7) is 16.5. The van der Waals surface area contributed by atoms with Crippen LogP contribution in [0.3, 0.4) is 0 Å². The molecule has 2 saturated heterocycles. The van der Waals surface area contributed by atoms with E-state index in [-0.39, 0.29) is 0 Å². The van der Waals surface area contributed by atoms with Gasteiger partial charge < -0.3 is 20.0 Å². The number of thiazole rings is 1. The van der Waals surface area contributed by atoms with Gasteiger partial charge in [-0.1, -0.05) is 13.8 Å². The zero-order chi connectivity index (χ0) is 19.8. The first-order chi connectivity index (χ1) is 13.7. The number of aliphatic imine (C=N–C) groups is 1. The topological polar surface area (TPSA) is 47.0 Å². The molecule has 28 heavy (non-hydrogen) atoms. The zero-order valence-corrected chi connectivity index (χ0v) is 18.8. The van der Waals surface area contributed by atoms with Gasteiger partial charge >= 0.3 is 0 Å². The first-order valence-corrected chi connectivity index (χ1v) is 12.1. The zero-order valence-electron chi connectivity index (χ0n) is 18.0. The van der Waals surface area contributed by atoms with E-state index in [0.717, 1.165) is 57.6 Å². The molecule has 158 valence electrons. The van der Waals surface area contributed by atoms with Crippen molar-refractivity contribution in [3.05, 3.63) is 11.1 Å². The fourth-order valence-electron chi connectivity index (χ4n) is 4.19. The highest BCUT2D eigenvalue weighted by atomic mass is 32.1. The number of hydrogen-bond donors (Lipinski definition) is 1. The van der Waals surface area contributed by atoms with E-state index >= 15 is 0 Å². The van der Waals surface area contributed by atoms with Crippen LogP contribution in [0.4, 0.5) is 5.13 Å². The van der Waals surface area contributed by atoms with E-state index in [1.54, 1.807) is 11.3 Å². The summed E-state index contributed by atoms with van der Waals surface area (Å²) in [6, 6.07) is 0. The predicted octanol–water partition coefficient (Wildman–Crippen LogP) is 2.92. The van der Waals surface area contributed by atoms with Crippen LogP contribution >= 0.6 is 11.3 Å². The average Bonchev–Trinajstić information content (AvgIpc) is 3.46. The number of nitrogens with zero attached hydrogens (tertiary/aromatic N) is 5. The number of nitrogens with one attached hydrogen (secondary N) is 1. The summed E-state index contributed by atoms with van der Waals surface area (Å²) < 4.78 is 0. The van der Waals surface area contributed by atoms with Gasteiger partial charge in [0.25, 0.3) is 0 Å². The molecule has 7 heteroatoms. The van der Waals surface area contributed by atoms with Gasteiger partial charge in [0.2, 0.25) is 0 Å². The molecule has 1 unspecified atom stereocenters. The van der Waals surface area contributed by atoms with Crippen LogP contribution in [0.2, 0.25) is 0 Å². The van der Waals surface area contributed by atoms with Crippen LogP contribution in [0.25, 0.3) is 0 Å². The Labute approximate surface area is 175 Å². The van der Waals surface area contributed by atoms with E-state index in [1.165, 1.54) is 49.7 Å². The molecule has 1 N–H and O–H groups in total. The van der Waals surface area contributed by atoms with Crippen LogP contribution in [0.1, 0.15) is 45.7 Å². The number of guanidine groups is 1. The SMILES string of the molecule is CCNC(=NCCc1csc(N2CCCC2)n1)N1CCC(CN(CC)CC)C1. The van der Waals surface area contributed by atoms with Gasteiger partial charge in [0.15, 0.2) is 11.1 Å². The summed E-state index contributed by atoms with van der Waals surface area (Å²) >= 11 is 1.79. The molecule has 0 spiro atoms. The number of anilines is 1. The third kappa shape index (κ3) is 5.83. The summed E-state index contributed by atoms with van der Waals surface area (Å²) in [6.07, 6.45) is 4.80. The Morgan fingerprint density at radius 2 is 2.04 bits per heavy atom. The third-order valence-electron chi connectivity index (χ3n) is 5.88. The van der Waals surface area contributed by atoms with Crippen LogP contribution < -0.4 is 10.2 Å².